The van der Waals surface area contributed by atoms with Gasteiger partial charge in [0.05, 0.1) is 30.9 Å². The lowest BCUT2D eigenvalue weighted by molar-refractivity contribution is -0.140. The van der Waals surface area contributed by atoms with Gasteiger partial charge in [-0.3, -0.25) is 9.69 Å². The van der Waals surface area contributed by atoms with Crippen LogP contribution in [-0.2, 0) is 15.7 Å². The summed E-state index contributed by atoms with van der Waals surface area (Å²) in [6, 6.07) is 17.5. The molecule has 0 aromatic heterocycles. The van der Waals surface area contributed by atoms with Crippen LogP contribution in [0.5, 0.6) is 0 Å². The highest BCUT2D eigenvalue weighted by molar-refractivity contribution is 5.98. The molecular formula is C30H25F4NO4. The third-order valence-electron chi connectivity index (χ3n) is 7.99. The van der Waals surface area contributed by atoms with Gasteiger partial charge in [-0.2, -0.15) is 13.2 Å². The molecule has 2 fully saturated rings. The van der Waals surface area contributed by atoms with Crippen molar-refractivity contribution in [3.8, 4) is 11.1 Å². The number of morpholine rings is 1. The van der Waals surface area contributed by atoms with E-state index in [9.17, 15) is 27.2 Å². The van der Waals surface area contributed by atoms with Crippen molar-refractivity contribution in [1.82, 2.24) is 4.90 Å². The second-order valence-electron chi connectivity index (χ2n) is 10.3. The van der Waals surface area contributed by atoms with Gasteiger partial charge in [0.15, 0.2) is 5.78 Å². The van der Waals surface area contributed by atoms with Crippen LogP contribution in [0.25, 0.3) is 11.1 Å². The number of carbonyl (C=O) groups excluding carboxylic acids is 2. The first-order valence-corrected chi connectivity index (χ1v) is 12.8. The number of fused-ring (bicyclic) bond motifs is 5. The van der Waals surface area contributed by atoms with E-state index in [4.69, 9.17) is 9.47 Å². The number of piperidine rings is 1. The van der Waals surface area contributed by atoms with Crippen molar-refractivity contribution in [2.45, 2.75) is 37.0 Å². The molecule has 202 valence electrons. The Morgan fingerprint density at radius 3 is 2.08 bits per heavy atom. The second kappa shape index (κ2) is 9.79. The highest BCUT2D eigenvalue weighted by atomic mass is 19.4. The van der Waals surface area contributed by atoms with E-state index in [0.717, 1.165) is 28.3 Å². The average molecular weight is 540 g/mol. The van der Waals surface area contributed by atoms with E-state index in [1.54, 1.807) is 4.90 Å². The number of amides is 1. The number of carbonyl (C=O) groups is 2. The largest absolute Gasteiger partial charge is 0.448 e. The Hall–Kier alpha value is -3.72. The highest BCUT2D eigenvalue weighted by Crippen LogP contribution is 2.45. The number of Topliss-reactive ketones (excluding diaryl/α,β-unsaturated/α-hetero) is 1. The Labute approximate surface area is 222 Å². The maximum absolute atomic E-state index is 13.7. The minimum atomic E-state index is -4.90. The fourth-order valence-corrected chi connectivity index (χ4v) is 6.23. The Balaban J connectivity index is 1.16. The molecule has 9 heteroatoms. The summed E-state index contributed by atoms with van der Waals surface area (Å²) in [5, 5.41) is 0. The molecule has 39 heavy (non-hydrogen) atoms. The first-order chi connectivity index (χ1) is 18.7. The summed E-state index contributed by atoms with van der Waals surface area (Å²) >= 11 is 0. The van der Waals surface area contributed by atoms with Crippen LogP contribution >= 0.6 is 0 Å². The molecule has 2 unspecified atom stereocenters. The summed E-state index contributed by atoms with van der Waals surface area (Å²) < 4.78 is 64.8. The minimum absolute atomic E-state index is 0.0992. The van der Waals surface area contributed by atoms with Gasteiger partial charge in [0.2, 0.25) is 0 Å². The molecule has 2 atom stereocenters. The minimum Gasteiger partial charge on any atom is -0.448 e. The van der Waals surface area contributed by atoms with Crippen LogP contribution < -0.4 is 0 Å². The number of halogens is 4. The Morgan fingerprint density at radius 1 is 0.897 bits per heavy atom. The molecule has 5 nitrogen and oxygen atoms in total. The molecule has 3 aromatic rings. The van der Waals surface area contributed by atoms with Crippen molar-refractivity contribution in [3.63, 3.8) is 0 Å². The molecular weight excluding hydrogens is 514 g/mol. The standard InChI is InChI=1S/C30H25F4NO4/c31-27-10-9-17(13-26(27)30(32,33)34)28(36)18-11-19-14-38-15-20(12-18)35(19)29(37)39-16-25-23-7-3-1-5-21(23)22-6-2-4-8-24(22)25/h1-10,13,18-20,25H,11-12,14-16H2. The first-order valence-electron chi connectivity index (χ1n) is 12.8. The number of rotatable bonds is 4. The smallest absolute Gasteiger partial charge is 0.419 e. The van der Waals surface area contributed by atoms with Crippen LogP contribution in [0, 0.1) is 11.7 Å². The normalized spacial score (nSPS) is 22.3. The maximum atomic E-state index is 13.7. The molecule has 2 aliphatic heterocycles. The van der Waals surface area contributed by atoms with E-state index in [1.807, 2.05) is 36.4 Å². The predicted octanol–water partition coefficient (Wildman–Crippen LogP) is 6.46. The first kappa shape index (κ1) is 25.6. The van der Waals surface area contributed by atoms with Crippen molar-refractivity contribution in [1.29, 1.82) is 0 Å². The predicted molar refractivity (Wildman–Crippen MR) is 134 cm³/mol. The van der Waals surface area contributed by atoms with E-state index in [2.05, 4.69) is 12.1 Å². The summed E-state index contributed by atoms with van der Waals surface area (Å²) in [5.74, 6) is -2.63. The summed E-state index contributed by atoms with van der Waals surface area (Å²) in [5.41, 5.74) is 2.77. The van der Waals surface area contributed by atoms with Gasteiger partial charge in [-0.1, -0.05) is 48.5 Å². The molecule has 2 bridgehead atoms. The number of benzene rings is 3. The number of ketones is 1. The monoisotopic (exact) mass is 539 g/mol. The lowest BCUT2D eigenvalue weighted by Crippen LogP contribution is -2.60. The van der Waals surface area contributed by atoms with E-state index >= 15 is 0 Å². The number of hydrogen-bond acceptors (Lipinski definition) is 4. The van der Waals surface area contributed by atoms with Gasteiger partial charge in [0.1, 0.15) is 12.4 Å². The second-order valence-corrected chi connectivity index (χ2v) is 10.3. The average Bonchev–Trinajstić information content (AvgIpc) is 3.24. The lowest BCUT2D eigenvalue weighted by Gasteiger charge is -2.47. The van der Waals surface area contributed by atoms with Gasteiger partial charge in [-0.25, -0.2) is 9.18 Å². The maximum Gasteiger partial charge on any atom is 0.419 e. The van der Waals surface area contributed by atoms with Crippen LogP contribution in [0.3, 0.4) is 0 Å². The van der Waals surface area contributed by atoms with Gasteiger partial charge in [0.25, 0.3) is 0 Å². The van der Waals surface area contributed by atoms with Crippen molar-refractivity contribution >= 4 is 11.9 Å². The summed E-state index contributed by atoms with van der Waals surface area (Å²) in [4.78, 5) is 28.1. The molecule has 0 radical (unpaired) electrons. The molecule has 3 aliphatic rings. The third kappa shape index (κ3) is 4.58. The number of alkyl halides is 3. The third-order valence-corrected chi connectivity index (χ3v) is 7.99. The Morgan fingerprint density at radius 2 is 1.49 bits per heavy atom. The van der Waals surface area contributed by atoms with Gasteiger partial charge < -0.3 is 9.47 Å². The van der Waals surface area contributed by atoms with Crippen molar-refractivity contribution in [3.05, 3.63) is 94.8 Å². The Bertz CT molecular complexity index is 1380. The number of nitrogens with zero attached hydrogens (tertiary/aromatic N) is 1. The molecule has 0 spiro atoms. The SMILES string of the molecule is O=C(c1ccc(F)c(C(F)(F)F)c1)C1CC2COCC(C1)N2C(=O)OCC1c2ccccc2-c2ccccc21. The highest BCUT2D eigenvalue weighted by Gasteiger charge is 2.45. The lowest BCUT2D eigenvalue weighted by atomic mass is 9.80. The van der Waals surface area contributed by atoms with E-state index in [-0.39, 0.29) is 44.1 Å². The van der Waals surface area contributed by atoms with Crippen molar-refractivity contribution in [2.24, 2.45) is 5.92 Å². The van der Waals surface area contributed by atoms with Crippen molar-refractivity contribution in [2.75, 3.05) is 19.8 Å². The van der Waals surface area contributed by atoms with Crippen LogP contribution in [0.15, 0.2) is 66.7 Å². The summed E-state index contributed by atoms with van der Waals surface area (Å²) in [6.07, 6.45) is -4.96. The van der Waals surface area contributed by atoms with Gasteiger partial charge in [0, 0.05) is 17.4 Å². The quantitative estimate of drug-likeness (QED) is 0.282. The molecule has 3 aromatic carbocycles. The summed E-state index contributed by atoms with van der Waals surface area (Å²) in [7, 11) is 0. The molecule has 1 amide bonds. The van der Waals surface area contributed by atoms with Crippen LogP contribution in [-0.4, -0.2) is 48.7 Å². The van der Waals surface area contributed by atoms with Crippen molar-refractivity contribution < 1.29 is 36.6 Å². The van der Waals surface area contributed by atoms with Crippen LogP contribution in [0.4, 0.5) is 22.4 Å². The van der Waals surface area contributed by atoms with E-state index < -0.39 is 47.4 Å². The molecule has 1 aliphatic carbocycles. The van der Waals surface area contributed by atoms with Crippen LogP contribution in [0.2, 0.25) is 0 Å². The molecule has 6 rings (SSSR count). The Kier molecular flexibility index (Phi) is 6.41. The van der Waals surface area contributed by atoms with E-state index in [0.29, 0.717) is 12.1 Å². The van der Waals surface area contributed by atoms with Crippen LogP contribution in [0.1, 0.15) is 45.8 Å². The molecule has 2 saturated heterocycles. The zero-order valence-electron chi connectivity index (χ0n) is 20.8. The fraction of sp³-hybridized carbons (Fsp3) is 0.333. The molecule has 2 heterocycles. The number of ether oxygens (including phenoxy) is 2. The zero-order valence-corrected chi connectivity index (χ0v) is 20.8. The number of hydrogen-bond donors (Lipinski definition) is 0. The van der Waals surface area contributed by atoms with Gasteiger partial charge in [-0.15, -0.1) is 0 Å². The molecule has 0 saturated carbocycles. The van der Waals surface area contributed by atoms with E-state index in [1.165, 1.54) is 0 Å². The fourth-order valence-electron chi connectivity index (χ4n) is 6.23. The zero-order chi connectivity index (χ0) is 27.3. The molecule has 0 N–H and O–H groups in total. The topological polar surface area (TPSA) is 55.8 Å². The summed E-state index contributed by atoms with van der Waals surface area (Å²) in [6.45, 7) is 0.547. The van der Waals surface area contributed by atoms with Gasteiger partial charge in [-0.05, 0) is 53.3 Å². The van der Waals surface area contributed by atoms with Gasteiger partial charge >= 0.3 is 12.3 Å².